The third-order valence-corrected chi connectivity index (χ3v) is 2.85. The fourth-order valence-electron chi connectivity index (χ4n) is 0.0553. The SMILES string of the molecule is O=[p+]1o[se]o1. The van der Waals surface area contributed by atoms with Crippen LogP contribution in [0.15, 0.2) is 6.52 Å². The van der Waals surface area contributed by atoms with Gasteiger partial charge in [0.15, 0.2) is 0 Å². The van der Waals surface area contributed by atoms with Gasteiger partial charge in [-0.15, -0.1) is 0 Å². The minimum absolute atomic E-state index is 0.215. The average molecular weight is 158 g/mol. The fraction of sp³-hybridized carbons (Fsp3) is 0. The molecule has 0 aliphatic carbocycles. The molecule has 5 heavy (non-hydrogen) atoms. The number of hydrogen-bond acceptors (Lipinski definition) is 3. The fourth-order valence-corrected chi connectivity index (χ4v) is 0.862. The summed E-state index contributed by atoms with van der Waals surface area (Å²) in [6.45, 7) is 0. The average Bonchev–Trinajstić information content (AvgIpc) is 1.30. The maximum absolute atomic E-state index is 9.62. The van der Waals surface area contributed by atoms with Gasteiger partial charge in [-0.25, -0.2) is 0 Å². The Morgan fingerprint density at radius 2 is 2.00 bits per heavy atom. The van der Waals surface area contributed by atoms with Gasteiger partial charge in [0.05, 0.1) is 0 Å². The summed E-state index contributed by atoms with van der Waals surface area (Å²) in [7, 11) is -1.64. The van der Waals surface area contributed by atoms with Crippen LogP contribution in [0.3, 0.4) is 0 Å². The molecule has 0 aromatic carbocycles. The molecule has 1 aromatic heterocycles. The second-order valence-electron chi connectivity index (χ2n) is 0.441. The van der Waals surface area contributed by atoms with Crippen LogP contribution < -0.4 is 0 Å². The zero-order valence-electron chi connectivity index (χ0n) is 2.08. The molecule has 0 aliphatic rings. The van der Waals surface area contributed by atoms with E-state index in [0.717, 1.165) is 0 Å². The molecule has 1 aromatic rings. The Hall–Kier alpha value is 0.219. The van der Waals surface area contributed by atoms with Gasteiger partial charge in [0.25, 0.3) is 0 Å². The van der Waals surface area contributed by atoms with Crippen molar-refractivity contribution >= 4 is 23.1 Å². The van der Waals surface area contributed by atoms with E-state index in [4.69, 9.17) is 0 Å². The van der Waals surface area contributed by atoms with E-state index in [1.54, 1.807) is 0 Å². The van der Waals surface area contributed by atoms with Crippen molar-refractivity contribution in [3.05, 3.63) is 0 Å². The van der Waals surface area contributed by atoms with E-state index in [-0.39, 0.29) is 15.2 Å². The summed E-state index contributed by atoms with van der Waals surface area (Å²) in [5.41, 5.74) is 0. The van der Waals surface area contributed by atoms with Crippen molar-refractivity contribution in [2.24, 2.45) is 0 Å². The van der Waals surface area contributed by atoms with E-state index < -0.39 is 7.89 Å². The maximum atomic E-state index is 9.62. The molecule has 0 spiro atoms. The Morgan fingerprint density at radius 3 is 2.00 bits per heavy atom. The molecule has 0 unspecified atom stereocenters. The van der Waals surface area contributed by atoms with Crippen molar-refractivity contribution in [3.63, 3.8) is 0 Å². The monoisotopic (exact) mass is 159 g/mol. The van der Waals surface area contributed by atoms with Crippen molar-refractivity contribution in [2.75, 3.05) is 0 Å². The third kappa shape index (κ3) is 0.537. The second kappa shape index (κ2) is 1.13. The molecule has 0 amide bonds. The summed E-state index contributed by atoms with van der Waals surface area (Å²) in [5, 5.41) is 0. The Labute approximate surface area is 34.9 Å². The Balaban J connectivity index is 3.29. The molecule has 1 heterocycles. The Kier molecular flexibility index (Phi) is 0.771. The summed E-state index contributed by atoms with van der Waals surface area (Å²) >= 11 is -0.215. The van der Waals surface area contributed by atoms with E-state index in [9.17, 15) is 4.57 Å². The summed E-state index contributed by atoms with van der Waals surface area (Å²) in [5.74, 6) is 0. The van der Waals surface area contributed by atoms with Crippen LogP contribution in [0, 0.1) is 0 Å². The molecule has 0 atom stereocenters. The van der Waals surface area contributed by atoms with Crippen molar-refractivity contribution < 1.29 is 11.1 Å². The molecule has 28 valence electrons. The second-order valence-corrected chi connectivity index (χ2v) is 3.35. The van der Waals surface area contributed by atoms with Gasteiger partial charge >= 0.3 is 34.2 Å². The van der Waals surface area contributed by atoms with Gasteiger partial charge in [0, 0.05) is 0 Å². The van der Waals surface area contributed by atoms with Crippen LogP contribution in [0.25, 0.3) is 0 Å². The van der Waals surface area contributed by atoms with Gasteiger partial charge < -0.3 is 0 Å². The molecule has 0 fully saturated rings. The van der Waals surface area contributed by atoms with Crippen LogP contribution >= 0.6 is 7.89 Å². The first-order valence-corrected chi connectivity index (χ1v) is 3.38. The molecule has 0 saturated heterocycles. The van der Waals surface area contributed by atoms with Gasteiger partial charge in [-0.1, -0.05) is 0 Å². The summed E-state index contributed by atoms with van der Waals surface area (Å²) < 4.78 is 18.2. The van der Waals surface area contributed by atoms with Crippen LogP contribution in [0.5, 0.6) is 0 Å². The van der Waals surface area contributed by atoms with Crippen molar-refractivity contribution in [1.29, 1.82) is 0 Å². The molecule has 5 heteroatoms. The first-order valence-electron chi connectivity index (χ1n) is 0.881. The summed E-state index contributed by atoms with van der Waals surface area (Å²) in [6.07, 6.45) is 0. The van der Waals surface area contributed by atoms with Crippen molar-refractivity contribution in [1.82, 2.24) is 0 Å². The van der Waals surface area contributed by atoms with Crippen LogP contribution in [-0.4, -0.2) is 15.2 Å². The van der Waals surface area contributed by atoms with Crippen molar-refractivity contribution in [2.45, 2.75) is 0 Å². The summed E-state index contributed by atoms with van der Waals surface area (Å²) in [4.78, 5) is 0. The van der Waals surface area contributed by atoms with E-state index in [0.29, 0.717) is 0 Å². The molecule has 0 saturated carbocycles. The van der Waals surface area contributed by atoms with E-state index in [2.05, 4.69) is 6.52 Å². The molecular weight excluding hydrogens is 158 g/mol. The number of rotatable bonds is 0. The topological polar surface area (TPSA) is 43.4 Å². The third-order valence-electron chi connectivity index (χ3n) is 0.183. The summed E-state index contributed by atoms with van der Waals surface area (Å²) in [6, 6.07) is 0. The first-order chi connectivity index (χ1) is 2.39. The quantitative estimate of drug-likeness (QED) is 0.521. The van der Waals surface area contributed by atoms with Gasteiger partial charge in [-0.3, -0.25) is 0 Å². The van der Waals surface area contributed by atoms with Crippen LogP contribution in [-0.2, 0) is 4.57 Å². The molecule has 3 nitrogen and oxygen atoms in total. The zero-order valence-corrected chi connectivity index (χ0v) is 4.69. The van der Waals surface area contributed by atoms with Gasteiger partial charge in [-0.2, -0.15) is 0 Å². The molecule has 1 rings (SSSR count). The standard InChI is InChI=1S/O3PSe/c1-4-2-5-3-4/q+1. The van der Waals surface area contributed by atoms with E-state index in [1.807, 2.05) is 0 Å². The minimum atomic E-state index is -1.64. The van der Waals surface area contributed by atoms with Crippen LogP contribution in [0.4, 0.5) is 0 Å². The first kappa shape index (κ1) is 3.41. The molecule has 0 radical (unpaired) electrons. The molecular formula is O3PSe+. The number of hydrogen-bond donors (Lipinski definition) is 0. The van der Waals surface area contributed by atoms with Gasteiger partial charge in [0.1, 0.15) is 0 Å². The Morgan fingerprint density at radius 1 is 1.60 bits per heavy atom. The predicted octanol–water partition coefficient (Wildman–Crippen LogP) is 0.672. The Bertz CT molecular complexity index is 121. The van der Waals surface area contributed by atoms with Crippen molar-refractivity contribution in [3.8, 4) is 0 Å². The molecule has 0 bridgehead atoms. The molecule has 0 aliphatic heterocycles. The molecule has 0 N–H and O–H groups in total. The van der Waals surface area contributed by atoms with E-state index >= 15 is 0 Å². The van der Waals surface area contributed by atoms with E-state index in [1.165, 1.54) is 0 Å². The zero-order chi connectivity index (χ0) is 3.70. The van der Waals surface area contributed by atoms with Crippen LogP contribution in [0.2, 0.25) is 0 Å². The van der Waals surface area contributed by atoms with Gasteiger partial charge in [-0.05, 0) is 0 Å². The van der Waals surface area contributed by atoms with Gasteiger partial charge in [0.2, 0.25) is 0 Å². The predicted molar refractivity (Wildman–Crippen MR) is 15.5 cm³/mol. The normalized spacial score (nSPS) is 8.80. The van der Waals surface area contributed by atoms with Crippen LogP contribution in [0.1, 0.15) is 0 Å².